The van der Waals surface area contributed by atoms with Crippen LogP contribution in [-0.4, -0.2) is 54.6 Å². The molecule has 0 N–H and O–H groups in total. The molecule has 9 rings (SSSR count). The molecule has 8 nitrogen and oxygen atoms in total. The number of alkyl halides is 1. The first-order valence-electron chi connectivity index (χ1n) is 13.7. The van der Waals surface area contributed by atoms with Gasteiger partial charge in [-0.1, -0.05) is 17.3 Å². The molecular weight excluding hydrogens is 489 g/mol. The molecule has 7 aliphatic rings. The van der Waals surface area contributed by atoms with E-state index >= 15 is 0 Å². The molecule has 1 aromatic heterocycles. The zero-order valence-corrected chi connectivity index (χ0v) is 22.1. The van der Waals surface area contributed by atoms with Gasteiger partial charge in [0, 0.05) is 17.8 Å². The average molecular weight is 524 g/mol. The monoisotopic (exact) mass is 523 g/mol. The van der Waals surface area contributed by atoms with Crippen molar-refractivity contribution < 1.29 is 28.0 Å². The highest BCUT2D eigenvalue weighted by atomic mass is 19.1. The van der Waals surface area contributed by atoms with Gasteiger partial charge in [-0.25, -0.2) is 4.39 Å². The number of halogens is 1. The van der Waals surface area contributed by atoms with Crippen LogP contribution in [-0.2, 0) is 24.5 Å². The summed E-state index contributed by atoms with van der Waals surface area (Å²) in [4.78, 5) is 33.1. The van der Waals surface area contributed by atoms with E-state index in [2.05, 4.69) is 10.1 Å². The zero-order valence-electron chi connectivity index (χ0n) is 22.1. The number of hydrogen-bond acceptors (Lipinski definition) is 7. The Bertz CT molecular complexity index is 1270. The van der Waals surface area contributed by atoms with Crippen LogP contribution in [0.3, 0.4) is 0 Å². The summed E-state index contributed by atoms with van der Waals surface area (Å²) in [7, 11) is 1.47. The number of nitrogens with zero attached hydrogens (tertiary/aromatic N) is 3. The molecule has 1 aromatic carbocycles. The molecule has 4 bridgehead atoms. The first kappa shape index (κ1) is 24.2. The highest BCUT2D eigenvalue weighted by Gasteiger charge is 2.73. The molecule has 6 saturated carbocycles. The largest absolute Gasteiger partial charge is 0.469 e. The lowest BCUT2D eigenvalue weighted by atomic mass is 9.41. The van der Waals surface area contributed by atoms with Crippen molar-refractivity contribution in [3.05, 3.63) is 30.2 Å². The minimum absolute atomic E-state index is 0.0202. The van der Waals surface area contributed by atoms with E-state index in [9.17, 15) is 14.0 Å². The van der Waals surface area contributed by atoms with E-state index in [4.69, 9.17) is 14.0 Å². The fraction of sp³-hybridized carbons (Fsp3) is 0.655. The molecule has 6 aliphatic carbocycles. The Kier molecular flexibility index (Phi) is 5.02. The smallest absolute Gasteiger partial charge is 0.311 e. The molecule has 202 valence electrons. The van der Waals surface area contributed by atoms with Gasteiger partial charge in [0.15, 0.2) is 0 Å². The lowest BCUT2D eigenvalue weighted by Gasteiger charge is -2.65. The summed E-state index contributed by atoms with van der Waals surface area (Å²) in [5.74, 6) is 0.950. The van der Waals surface area contributed by atoms with Gasteiger partial charge in [-0.3, -0.25) is 9.59 Å². The summed E-state index contributed by atoms with van der Waals surface area (Å²) in [6, 6.07) is 7.72. The number of carbonyl (C=O) groups excluding carboxylic acids is 2. The Balaban J connectivity index is 1.18. The van der Waals surface area contributed by atoms with Crippen LogP contribution in [0.5, 0.6) is 0 Å². The Morgan fingerprint density at radius 2 is 1.74 bits per heavy atom. The van der Waals surface area contributed by atoms with Crippen LogP contribution in [0.15, 0.2) is 28.8 Å². The van der Waals surface area contributed by atoms with Gasteiger partial charge in [-0.15, -0.1) is 0 Å². The van der Waals surface area contributed by atoms with Crippen molar-refractivity contribution in [2.24, 2.45) is 16.2 Å². The van der Waals surface area contributed by atoms with Crippen molar-refractivity contribution >= 4 is 17.6 Å². The molecule has 0 unspecified atom stereocenters. The minimum atomic E-state index is -1.15. The number of amides is 1. The third kappa shape index (κ3) is 3.43. The number of fused-ring (bicyclic) bond motifs is 3. The fourth-order valence-electron chi connectivity index (χ4n) is 7.75. The van der Waals surface area contributed by atoms with Crippen LogP contribution >= 0.6 is 0 Å². The second kappa shape index (κ2) is 7.87. The maximum absolute atomic E-state index is 14.5. The summed E-state index contributed by atoms with van der Waals surface area (Å²) >= 11 is 0. The number of benzene rings is 1. The van der Waals surface area contributed by atoms with Gasteiger partial charge in [0.1, 0.15) is 5.67 Å². The van der Waals surface area contributed by atoms with Gasteiger partial charge < -0.3 is 18.9 Å². The third-order valence-corrected chi connectivity index (χ3v) is 10.4. The van der Waals surface area contributed by atoms with E-state index < -0.39 is 11.1 Å². The van der Waals surface area contributed by atoms with E-state index in [0.29, 0.717) is 50.7 Å². The summed E-state index contributed by atoms with van der Waals surface area (Å²) in [6.07, 6.45) is 5.95. The quantitative estimate of drug-likeness (QED) is 0.483. The minimum Gasteiger partial charge on any atom is -0.469 e. The summed E-state index contributed by atoms with van der Waals surface area (Å²) in [6.45, 7) is 3.71. The Morgan fingerprint density at radius 1 is 1.05 bits per heavy atom. The van der Waals surface area contributed by atoms with Gasteiger partial charge >= 0.3 is 5.97 Å². The molecule has 9 heteroatoms. The third-order valence-electron chi connectivity index (χ3n) is 10.4. The normalized spacial score (nSPS) is 36.0. The molecule has 1 amide bonds. The van der Waals surface area contributed by atoms with Gasteiger partial charge in [-0.2, -0.15) is 4.98 Å². The molecule has 1 saturated heterocycles. The van der Waals surface area contributed by atoms with E-state index in [1.807, 2.05) is 36.1 Å². The molecule has 2 aromatic rings. The standard InChI is InChI=1S/C29H34FN3O5/c1-25(17-37-18-25)22-31-21(32-38-22)19-4-3-5-20(12-19)33(23(34)28-13-29(30,14-28)15-28)16-26-6-9-27(10-7-26,11-8-26)24(35)36-2/h3-5,12H,6-11,13-18H2,1-2H3. The number of hydrogen-bond donors (Lipinski definition) is 0. The molecular formula is C29H34FN3O5. The number of carbonyl (C=O) groups is 2. The van der Waals surface area contributed by atoms with Crippen molar-refractivity contribution in [3.63, 3.8) is 0 Å². The number of esters is 1. The lowest BCUT2D eigenvalue weighted by molar-refractivity contribution is -0.211. The molecule has 38 heavy (non-hydrogen) atoms. The predicted molar refractivity (Wildman–Crippen MR) is 135 cm³/mol. The van der Waals surface area contributed by atoms with E-state index in [0.717, 1.165) is 49.8 Å². The number of methoxy groups -OCH3 is 1. The predicted octanol–water partition coefficient (Wildman–Crippen LogP) is 4.76. The Labute approximate surface area is 221 Å². The van der Waals surface area contributed by atoms with Crippen molar-refractivity contribution in [1.29, 1.82) is 0 Å². The molecule has 7 fully saturated rings. The Hall–Kier alpha value is -2.81. The van der Waals surface area contributed by atoms with E-state index in [-0.39, 0.29) is 28.1 Å². The molecule has 0 atom stereocenters. The van der Waals surface area contributed by atoms with Crippen LogP contribution in [0.2, 0.25) is 0 Å². The maximum atomic E-state index is 14.5. The summed E-state index contributed by atoms with van der Waals surface area (Å²) in [5.41, 5.74) is -0.891. The van der Waals surface area contributed by atoms with Gasteiger partial charge in [0.25, 0.3) is 0 Å². The first-order chi connectivity index (χ1) is 18.1. The second-order valence-corrected chi connectivity index (χ2v) is 13.2. The number of aromatic nitrogens is 2. The van der Waals surface area contributed by atoms with Crippen molar-refractivity contribution in [2.45, 2.75) is 75.8 Å². The molecule has 0 radical (unpaired) electrons. The van der Waals surface area contributed by atoms with Gasteiger partial charge in [0.2, 0.25) is 17.6 Å². The zero-order chi connectivity index (χ0) is 26.4. The van der Waals surface area contributed by atoms with Gasteiger partial charge in [-0.05, 0) is 82.3 Å². The van der Waals surface area contributed by atoms with Crippen molar-refractivity contribution in [1.82, 2.24) is 10.1 Å². The second-order valence-electron chi connectivity index (χ2n) is 13.2. The van der Waals surface area contributed by atoms with E-state index in [1.165, 1.54) is 7.11 Å². The maximum Gasteiger partial charge on any atom is 0.311 e. The summed E-state index contributed by atoms with van der Waals surface area (Å²) < 4.78 is 30.5. The van der Waals surface area contributed by atoms with Crippen LogP contribution in [0.4, 0.5) is 10.1 Å². The molecule has 2 heterocycles. The highest BCUT2D eigenvalue weighted by molar-refractivity contribution is 6.00. The van der Waals surface area contributed by atoms with Crippen LogP contribution in [0.1, 0.15) is 70.6 Å². The highest BCUT2D eigenvalue weighted by Crippen LogP contribution is 2.70. The lowest BCUT2D eigenvalue weighted by Crippen LogP contribution is -2.71. The Morgan fingerprint density at radius 3 is 2.32 bits per heavy atom. The number of rotatable bonds is 7. The molecule has 0 spiro atoms. The van der Waals surface area contributed by atoms with E-state index in [1.54, 1.807) is 0 Å². The van der Waals surface area contributed by atoms with Crippen LogP contribution in [0, 0.1) is 16.2 Å². The van der Waals surface area contributed by atoms with Crippen LogP contribution in [0.25, 0.3) is 11.4 Å². The topological polar surface area (TPSA) is 94.8 Å². The number of anilines is 1. The van der Waals surface area contributed by atoms with Gasteiger partial charge in [0.05, 0.1) is 36.6 Å². The average Bonchev–Trinajstić information content (AvgIpc) is 3.39. The fourth-order valence-corrected chi connectivity index (χ4v) is 7.75. The number of ether oxygens (including phenoxy) is 2. The first-order valence-corrected chi connectivity index (χ1v) is 13.7. The van der Waals surface area contributed by atoms with Crippen molar-refractivity contribution in [2.75, 3.05) is 31.8 Å². The van der Waals surface area contributed by atoms with Crippen molar-refractivity contribution in [3.8, 4) is 11.4 Å². The SMILES string of the molecule is COC(=O)C12CCC(CN(C(=O)C34CC(F)(C3)C4)c3cccc(-c4noc(C5(C)COC5)n4)c3)(CC1)CC2. The summed E-state index contributed by atoms with van der Waals surface area (Å²) in [5, 5.41) is 4.22. The van der Waals surface area contributed by atoms with Crippen LogP contribution < -0.4 is 4.90 Å². The molecule has 1 aliphatic heterocycles.